The normalized spacial score (nSPS) is 10.9. The minimum atomic E-state index is 0.0687. The van der Waals surface area contributed by atoms with Gasteiger partial charge < -0.3 is 4.42 Å². The zero-order valence-corrected chi connectivity index (χ0v) is 11.8. The van der Waals surface area contributed by atoms with E-state index in [2.05, 4.69) is 33.4 Å². The van der Waals surface area contributed by atoms with E-state index < -0.39 is 0 Å². The number of carbonyl (C=O) groups excluding carboxylic acids is 1. The zero-order chi connectivity index (χ0) is 12.5. The van der Waals surface area contributed by atoms with E-state index in [9.17, 15) is 4.79 Å². The third-order valence-corrected chi connectivity index (χ3v) is 4.46. The Balaban J connectivity index is 1.93. The summed E-state index contributed by atoms with van der Waals surface area (Å²) in [7, 11) is 0. The van der Waals surface area contributed by atoms with Crippen molar-refractivity contribution < 1.29 is 9.21 Å². The van der Waals surface area contributed by atoms with E-state index in [1.165, 1.54) is 11.0 Å². The number of furan rings is 1. The van der Waals surface area contributed by atoms with Gasteiger partial charge in [0.1, 0.15) is 0 Å². The molecule has 0 aliphatic heterocycles. The lowest BCUT2D eigenvalue weighted by Gasteiger charge is -1.98. The molecule has 0 N–H and O–H groups in total. The summed E-state index contributed by atoms with van der Waals surface area (Å²) in [4.78, 5) is 12.2. The zero-order valence-electron chi connectivity index (χ0n) is 9.35. The molecule has 0 aliphatic rings. The molecule has 0 saturated heterocycles. The largest absolute Gasteiger partial charge is 0.457 e. The average Bonchev–Trinajstić information content (AvgIpc) is 2.97. The lowest BCUT2D eigenvalue weighted by molar-refractivity contribution is 0.0992. The molecular weight excluding hydrogens is 312 g/mol. The van der Waals surface area contributed by atoms with Crippen LogP contribution in [0.2, 0.25) is 0 Å². The monoisotopic (exact) mass is 320 g/mol. The van der Waals surface area contributed by atoms with Crippen LogP contribution in [0.4, 0.5) is 0 Å². The Labute approximate surface area is 116 Å². The van der Waals surface area contributed by atoms with E-state index in [1.807, 2.05) is 12.1 Å². The van der Waals surface area contributed by atoms with Crippen LogP contribution in [0.15, 0.2) is 51.1 Å². The van der Waals surface area contributed by atoms with Crippen LogP contribution in [0.5, 0.6) is 0 Å². The van der Waals surface area contributed by atoms with Crippen molar-refractivity contribution in [2.45, 2.75) is 6.42 Å². The Kier molecular flexibility index (Phi) is 3.06. The van der Waals surface area contributed by atoms with Gasteiger partial charge in [0.05, 0.1) is 11.8 Å². The molecule has 0 aliphatic carbocycles. The van der Waals surface area contributed by atoms with E-state index >= 15 is 0 Å². The molecule has 2 nitrogen and oxygen atoms in total. The van der Waals surface area contributed by atoms with E-state index in [4.69, 9.17) is 4.42 Å². The van der Waals surface area contributed by atoms with Crippen molar-refractivity contribution in [3.63, 3.8) is 0 Å². The lowest BCUT2D eigenvalue weighted by atomic mass is 10.0. The Hall–Kier alpha value is -1.39. The molecule has 0 spiro atoms. The molecule has 2 aromatic heterocycles. The third kappa shape index (κ3) is 2.02. The van der Waals surface area contributed by atoms with Gasteiger partial charge in [-0.2, -0.15) is 0 Å². The molecule has 3 aromatic rings. The molecule has 0 amide bonds. The fraction of sp³-hybridized carbons (Fsp3) is 0.0714. The van der Waals surface area contributed by atoms with Gasteiger partial charge in [0.25, 0.3) is 0 Å². The summed E-state index contributed by atoms with van der Waals surface area (Å²) in [6.07, 6.45) is 1.92. The van der Waals surface area contributed by atoms with Gasteiger partial charge in [0.2, 0.25) is 0 Å². The van der Waals surface area contributed by atoms with E-state index in [-0.39, 0.29) is 5.78 Å². The number of ketones is 1. The van der Waals surface area contributed by atoms with Crippen molar-refractivity contribution in [2.75, 3.05) is 0 Å². The predicted molar refractivity (Wildman–Crippen MR) is 76.3 cm³/mol. The first-order valence-electron chi connectivity index (χ1n) is 5.47. The molecule has 90 valence electrons. The lowest BCUT2D eigenvalue weighted by Crippen LogP contribution is -2.02. The van der Waals surface area contributed by atoms with E-state index in [1.54, 1.807) is 17.4 Å². The summed E-state index contributed by atoms with van der Waals surface area (Å²) in [5.41, 5.74) is 1.68. The maximum atomic E-state index is 12.2. The fourth-order valence-corrected chi connectivity index (χ4v) is 3.36. The van der Waals surface area contributed by atoms with Crippen LogP contribution in [0, 0.1) is 0 Å². The van der Waals surface area contributed by atoms with Crippen LogP contribution in [0.3, 0.4) is 0 Å². The second kappa shape index (κ2) is 4.71. The SMILES string of the molecule is O=C(Cc1csc2ccccc12)c1ccoc1Br. The number of benzene rings is 1. The molecular formula is C14H9BrO2S. The number of carbonyl (C=O) groups is 1. The topological polar surface area (TPSA) is 30.2 Å². The highest BCUT2D eigenvalue weighted by Gasteiger charge is 2.15. The number of rotatable bonds is 3. The number of fused-ring (bicyclic) bond motifs is 1. The quantitative estimate of drug-likeness (QED) is 0.656. The molecule has 4 heteroatoms. The predicted octanol–water partition coefficient (Wildman–Crippen LogP) is 4.68. The maximum Gasteiger partial charge on any atom is 0.179 e. The summed E-state index contributed by atoms with van der Waals surface area (Å²) in [5, 5.41) is 3.21. The van der Waals surface area contributed by atoms with Crippen LogP contribution in [0.1, 0.15) is 15.9 Å². The van der Waals surface area contributed by atoms with E-state index in [0.29, 0.717) is 16.7 Å². The first-order chi connectivity index (χ1) is 8.75. The molecule has 2 heterocycles. The summed E-state index contributed by atoms with van der Waals surface area (Å²) in [5.74, 6) is 0.0687. The van der Waals surface area contributed by atoms with Crippen LogP contribution in [-0.2, 0) is 6.42 Å². The van der Waals surface area contributed by atoms with E-state index in [0.717, 1.165) is 10.9 Å². The number of hydrogen-bond acceptors (Lipinski definition) is 3. The van der Waals surface area contributed by atoms with Crippen LogP contribution >= 0.6 is 27.3 Å². The van der Waals surface area contributed by atoms with Gasteiger partial charge in [0.15, 0.2) is 10.5 Å². The smallest absolute Gasteiger partial charge is 0.179 e. The Morgan fingerprint density at radius 1 is 1.28 bits per heavy atom. The van der Waals surface area contributed by atoms with Crippen LogP contribution in [0.25, 0.3) is 10.1 Å². The van der Waals surface area contributed by atoms with Crippen LogP contribution in [-0.4, -0.2) is 5.78 Å². The molecule has 0 bridgehead atoms. The molecule has 18 heavy (non-hydrogen) atoms. The fourth-order valence-electron chi connectivity index (χ4n) is 1.93. The van der Waals surface area contributed by atoms with Crippen molar-refractivity contribution in [1.82, 2.24) is 0 Å². The van der Waals surface area contributed by atoms with Gasteiger partial charge >= 0.3 is 0 Å². The maximum absolute atomic E-state index is 12.2. The second-order valence-electron chi connectivity index (χ2n) is 3.97. The van der Waals surface area contributed by atoms with Gasteiger partial charge in [-0.1, -0.05) is 18.2 Å². The summed E-state index contributed by atoms with van der Waals surface area (Å²) >= 11 is 4.91. The Morgan fingerprint density at radius 2 is 2.11 bits per heavy atom. The Morgan fingerprint density at radius 3 is 2.89 bits per heavy atom. The standard InChI is InChI=1S/C14H9BrO2S/c15-14-11(5-6-17-14)12(16)7-9-8-18-13-4-2-1-3-10(9)13/h1-6,8H,7H2. The van der Waals surface area contributed by atoms with Gasteiger partial charge in [-0.05, 0) is 44.4 Å². The highest BCUT2D eigenvalue weighted by molar-refractivity contribution is 9.10. The third-order valence-electron chi connectivity index (χ3n) is 2.83. The minimum Gasteiger partial charge on any atom is -0.457 e. The number of thiophene rings is 1. The van der Waals surface area contributed by atoms with Crippen molar-refractivity contribution in [1.29, 1.82) is 0 Å². The van der Waals surface area contributed by atoms with Crippen molar-refractivity contribution in [3.05, 3.63) is 57.8 Å². The number of halogens is 1. The van der Waals surface area contributed by atoms with Gasteiger partial charge in [-0.3, -0.25) is 4.79 Å². The number of Topliss-reactive ketones (excluding diaryl/α,β-unsaturated/α-hetero) is 1. The summed E-state index contributed by atoms with van der Waals surface area (Å²) in [6, 6.07) is 9.83. The molecule has 0 atom stereocenters. The minimum absolute atomic E-state index is 0.0687. The summed E-state index contributed by atoms with van der Waals surface area (Å²) in [6.45, 7) is 0. The van der Waals surface area contributed by atoms with Gasteiger partial charge in [0, 0.05) is 11.1 Å². The Bertz CT molecular complexity index is 711. The first kappa shape index (κ1) is 11.7. The van der Waals surface area contributed by atoms with Crippen molar-refractivity contribution in [2.24, 2.45) is 0 Å². The second-order valence-corrected chi connectivity index (χ2v) is 5.60. The first-order valence-corrected chi connectivity index (χ1v) is 7.14. The molecule has 3 rings (SSSR count). The van der Waals surface area contributed by atoms with Crippen molar-refractivity contribution in [3.8, 4) is 0 Å². The van der Waals surface area contributed by atoms with Gasteiger partial charge in [-0.15, -0.1) is 11.3 Å². The summed E-state index contributed by atoms with van der Waals surface area (Å²) < 4.78 is 6.81. The highest BCUT2D eigenvalue weighted by atomic mass is 79.9. The average molecular weight is 321 g/mol. The molecule has 0 unspecified atom stereocenters. The van der Waals surface area contributed by atoms with Crippen molar-refractivity contribution >= 4 is 43.1 Å². The molecule has 0 saturated carbocycles. The van der Waals surface area contributed by atoms with Gasteiger partial charge in [-0.25, -0.2) is 0 Å². The molecule has 0 radical (unpaired) electrons. The highest BCUT2D eigenvalue weighted by Crippen LogP contribution is 2.27. The van der Waals surface area contributed by atoms with Crippen LogP contribution < -0.4 is 0 Å². The molecule has 0 fully saturated rings. The number of hydrogen-bond donors (Lipinski definition) is 0. The molecule has 1 aromatic carbocycles.